The van der Waals surface area contributed by atoms with Crippen molar-refractivity contribution in [1.29, 1.82) is 0 Å². The first-order valence-corrected chi connectivity index (χ1v) is 8.17. The second kappa shape index (κ2) is 7.78. The Morgan fingerprint density at radius 2 is 2.26 bits per heavy atom. The summed E-state index contributed by atoms with van der Waals surface area (Å²) in [6.07, 6.45) is -0.833. The minimum Gasteiger partial charge on any atom is -0.387 e. The molecule has 0 fully saturated rings. The molecule has 1 aliphatic heterocycles. The second-order valence-electron chi connectivity index (χ2n) is 5.66. The van der Waals surface area contributed by atoms with Crippen molar-refractivity contribution in [3.8, 4) is 0 Å². The number of hydrogen-bond donors (Lipinski definition) is 2. The van der Waals surface area contributed by atoms with Crippen molar-refractivity contribution in [2.75, 3.05) is 17.2 Å². The number of nitrogens with one attached hydrogen (secondary N) is 3. The molecule has 0 spiro atoms. The molecule has 3 rings (SSSR count). The van der Waals surface area contributed by atoms with Gasteiger partial charge in [-0.25, -0.2) is 4.98 Å². The van der Waals surface area contributed by atoms with Crippen LogP contribution in [-0.2, 0) is 15.8 Å². The summed E-state index contributed by atoms with van der Waals surface area (Å²) in [6, 6.07) is 4.18. The summed E-state index contributed by atoms with van der Waals surface area (Å²) in [5.41, 5.74) is -0.154. The lowest BCUT2D eigenvalue weighted by Crippen LogP contribution is -2.27. The van der Waals surface area contributed by atoms with E-state index in [0.29, 0.717) is 5.69 Å². The zero-order valence-corrected chi connectivity index (χ0v) is 14.4. The zero-order chi connectivity index (χ0) is 19.4. The summed E-state index contributed by atoms with van der Waals surface area (Å²) in [5.74, 6) is -0.203. The van der Waals surface area contributed by atoms with Gasteiger partial charge in [-0.1, -0.05) is 16.8 Å². The van der Waals surface area contributed by atoms with Gasteiger partial charge < -0.3 is 10.2 Å². The highest BCUT2D eigenvalue weighted by Gasteiger charge is 2.33. The predicted octanol–water partition coefficient (Wildman–Crippen LogP) is 2.76. The van der Waals surface area contributed by atoms with Crippen LogP contribution in [0.1, 0.15) is 12.0 Å². The fraction of sp³-hybridized carbons (Fsp3) is 0.250. The number of halogens is 4. The molecule has 2 aromatic heterocycles. The summed E-state index contributed by atoms with van der Waals surface area (Å²) in [7, 11) is 0. The van der Waals surface area contributed by atoms with Crippen LogP contribution in [0, 0.1) is 0 Å². The first-order chi connectivity index (χ1) is 12.8. The topological polar surface area (TPSA) is 89.8 Å². The molecule has 0 bridgehead atoms. The number of aromatic amines is 1. The Bertz CT molecular complexity index is 861. The van der Waals surface area contributed by atoms with Gasteiger partial charge in [0.05, 0.1) is 17.4 Å². The number of oxime groups is 1. The molecule has 27 heavy (non-hydrogen) atoms. The van der Waals surface area contributed by atoms with E-state index < -0.39 is 23.8 Å². The normalized spacial score (nSPS) is 16.4. The smallest absolute Gasteiger partial charge is 0.387 e. The Balaban J connectivity index is 1.52. The molecule has 1 amide bonds. The van der Waals surface area contributed by atoms with Gasteiger partial charge in [-0.15, -0.1) is 0 Å². The maximum atomic E-state index is 12.6. The first kappa shape index (κ1) is 18.9. The van der Waals surface area contributed by atoms with E-state index in [-0.39, 0.29) is 29.5 Å². The Kier molecular flexibility index (Phi) is 5.45. The highest BCUT2D eigenvalue weighted by atomic mass is 35.5. The minimum atomic E-state index is -4.49. The summed E-state index contributed by atoms with van der Waals surface area (Å²) in [4.78, 5) is 23.6. The van der Waals surface area contributed by atoms with Crippen LogP contribution in [0.4, 0.5) is 24.7 Å². The van der Waals surface area contributed by atoms with E-state index in [1.165, 1.54) is 6.20 Å². The van der Waals surface area contributed by atoms with Gasteiger partial charge in [0, 0.05) is 12.6 Å². The van der Waals surface area contributed by atoms with Gasteiger partial charge in [0.2, 0.25) is 0 Å². The lowest BCUT2D eigenvalue weighted by atomic mass is 10.1. The summed E-state index contributed by atoms with van der Waals surface area (Å²) in [6.45, 7) is 0.189. The van der Waals surface area contributed by atoms with E-state index in [1.807, 2.05) is 0 Å². The molecule has 7 nitrogen and oxygen atoms in total. The molecule has 142 valence electrons. The standard InChI is InChI=1S/C16H13ClF3N5O2/c17-12-4-9(16(18,19)20)6-22-14(12)23-8-11-5-13(25-27-11)15(26)24-10-2-1-3-21-7-10/h1-4,6-7,11H,5,8H2,(H,22,23)(H,24,26)/p+1/t11-/m0/s1. The first-order valence-electron chi connectivity index (χ1n) is 7.79. The monoisotopic (exact) mass is 400 g/mol. The summed E-state index contributed by atoms with van der Waals surface area (Å²) in [5, 5.41) is 9.12. The van der Waals surface area contributed by atoms with E-state index in [0.717, 1.165) is 12.3 Å². The number of hydrogen-bond acceptors (Lipinski definition) is 5. The molecule has 3 N–H and O–H groups in total. The molecule has 3 heterocycles. The number of anilines is 2. The summed E-state index contributed by atoms with van der Waals surface area (Å²) < 4.78 is 37.9. The molecule has 11 heteroatoms. The van der Waals surface area contributed by atoms with Crippen LogP contribution in [0.2, 0.25) is 5.02 Å². The lowest BCUT2D eigenvalue weighted by Gasteiger charge is -2.08. The van der Waals surface area contributed by atoms with Crippen molar-refractivity contribution < 1.29 is 27.8 Å². The van der Waals surface area contributed by atoms with Crippen molar-refractivity contribution in [3.05, 3.63) is 47.4 Å². The maximum absolute atomic E-state index is 12.6. The van der Waals surface area contributed by atoms with Crippen molar-refractivity contribution >= 4 is 34.7 Å². The van der Waals surface area contributed by atoms with Gasteiger partial charge in [-0.05, 0) is 18.2 Å². The van der Waals surface area contributed by atoms with Crippen LogP contribution >= 0.6 is 11.6 Å². The van der Waals surface area contributed by atoms with Crippen molar-refractivity contribution in [2.24, 2.45) is 5.16 Å². The predicted molar refractivity (Wildman–Crippen MR) is 91.3 cm³/mol. The second-order valence-corrected chi connectivity index (χ2v) is 6.06. The fourth-order valence-electron chi connectivity index (χ4n) is 2.30. The van der Waals surface area contributed by atoms with Crippen LogP contribution < -0.4 is 15.6 Å². The highest BCUT2D eigenvalue weighted by molar-refractivity contribution is 6.43. The fourth-order valence-corrected chi connectivity index (χ4v) is 2.54. The average Bonchev–Trinajstić information content (AvgIpc) is 3.10. The van der Waals surface area contributed by atoms with Gasteiger partial charge in [-0.3, -0.25) is 15.1 Å². The minimum absolute atomic E-state index is 0.113. The van der Waals surface area contributed by atoms with Gasteiger partial charge in [0.1, 0.15) is 23.5 Å². The third-order valence-corrected chi connectivity index (χ3v) is 3.94. The van der Waals surface area contributed by atoms with Crippen molar-refractivity contribution in [2.45, 2.75) is 18.7 Å². The number of pyridine rings is 2. The van der Waals surface area contributed by atoms with Crippen LogP contribution in [0.3, 0.4) is 0 Å². The Hall–Kier alpha value is -2.88. The molecule has 1 aliphatic rings. The molecule has 0 unspecified atom stereocenters. The van der Waals surface area contributed by atoms with Crippen LogP contribution in [-0.4, -0.2) is 29.3 Å². The van der Waals surface area contributed by atoms with E-state index in [9.17, 15) is 18.0 Å². The third-order valence-electron chi connectivity index (χ3n) is 3.64. The molecule has 2 aromatic rings. The molecule has 0 radical (unpaired) electrons. The third kappa shape index (κ3) is 4.85. The van der Waals surface area contributed by atoms with Crippen LogP contribution in [0.25, 0.3) is 0 Å². The molecular weight excluding hydrogens is 387 g/mol. The van der Waals surface area contributed by atoms with Crippen LogP contribution in [0.5, 0.6) is 0 Å². The molecule has 1 atom stereocenters. The number of rotatable bonds is 5. The van der Waals surface area contributed by atoms with Gasteiger partial charge in [0.15, 0.2) is 6.10 Å². The van der Waals surface area contributed by atoms with Gasteiger partial charge in [0.25, 0.3) is 11.7 Å². The van der Waals surface area contributed by atoms with Crippen molar-refractivity contribution in [3.63, 3.8) is 0 Å². The molecule has 0 saturated carbocycles. The maximum Gasteiger partial charge on any atom is 0.419 e. The average molecular weight is 401 g/mol. The van der Waals surface area contributed by atoms with Crippen LogP contribution in [0.15, 0.2) is 41.9 Å². The number of alkyl halides is 3. The summed E-state index contributed by atoms with van der Waals surface area (Å²) >= 11 is 5.86. The number of amides is 1. The Morgan fingerprint density at radius 1 is 1.44 bits per heavy atom. The molecule has 0 aliphatic carbocycles. The Morgan fingerprint density at radius 3 is 2.93 bits per heavy atom. The quantitative estimate of drug-likeness (QED) is 0.807. The van der Waals surface area contributed by atoms with E-state index in [2.05, 4.69) is 25.8 Å². The number of carbonyl (C=O) groups is 1. The lowest BCUT2D eigenvalue weighted by molar-refractivity contribution is -0.364. The zero-order valence-electron chi connectivity index (χ0n) is 13.7. The molecule has 0 aromatic carbocycles. The number of H-pyrrole nitrogens is 1. The van der Waals surface area contributed by atoms with E-state index >= 15 is 0 Å². The molecular formula is C16H14ClF3N5O2+. The van der Waals surface area contributed by atoms with E-state index in [4.69, 9.17) is 16.4 Å². The molecule has 0 saturated heterocycles. The number of nitrogens with zero attached hydrogens (tertiary/aromatic N) is 2. The number of carbonyl (C=O) groups excluding carboxylic acids is 1. The highest BCUT2D eigenvalue weighted by Crippen LogP contribution is 2.31. The van der Waals surface area contributed by atoms with Crippen molar-refractivity contribution in [1.82, 2.24) is 4.98 Å². The van der Waals surface area contributed by atoms with E-state index in [1.54, 1.807) is 18.3 Å². The SMILES string of the molecule is O=C(Nc1cccnc1)C1=NO[C@H](CNc2[nH+]cc(C(F)(F)F)cc2Cl)C1. The van der Waals surface area contributed by atoms with Gasteiger partial charge in [-0.2, -0.15) is 13.2 Å². The largest absolute Gasteiger partial charge is 0.419 e. The Labute approximate surface area is 156 Å². The number of aromatic nitrogens is 2. The van der Waals surface area contributed by atoms with Gasteiger partial charge >= 0.3 is 6.18 Å².